The highest BCUT2D eigenvalue weighted by Gasteiger charge is 2.35. The maximum absolute atomic E-state index is 13.2. The SMILES string of the molecule is COc1ccc(C(=O)N2CC[C@H]3CCCC[C@H]3C2)cc1S(=O)(=O)N1CCCC1. The molecule has 0 aromatic heterocycles. The van der Waals surface area contributed by atoms with Gasteiger partial charge in [0.2, 0.25) is 10.0 Å². The van der Waals surface area contributed by atoms with Crippen molar-refractivity contribution >= 4 is 15.9 Å². The Balaban J connectivity index is 1.59. The van der Waals surface area contributed by atoms with Gasteiger partial charge in [0.15, 0.2) is 0 Å². The maximum atomic E-state index is 13.2. The Morgan fingerprint density at radius 2 is 1.71 bits per heavy atom. The van der Waals surface area contributed by atoms with E-state index in [0.717, 1.165) is 38.3 Å². The lowest BCUT2D eigenvalue weighted by atomic mass is 9.75. The van der Waals surface area contributed by atoms with E-state index in [9.17, 15) is 13.2 Å². The Morgan fingerprint density at radius 1 is 1.00 bits per heavy atom. The van der Waals surface area contributed by atoms with E-state index in [1.165, 1.54) is 43.2 Å². The standard InChI is InChI=1S/C21H30N2O4S/c1-27-19-9-8-17(14-20(19)28(25,26)23-11-4-5-12-23)21(24)22-13-10-16-6-2-3-7-18(16)15-22/h8-9,14,16,18H,2-7,10-13,15H2,1H3/t16-,18+/m1/s1. The van der Waals surface area contributed by atoms with Gasteiger partial charge in [0, 0.05) is 31.7 Å². The molecule has 0 radical (unpaired) electrons. The highest BCUT2D eigenvalue weighted by atomic mass is 32.2. The second-order valence-electron chi connectivity index (χ2n) is 8.32. The number of rotatable bonds is 4. The Kier molecular flexibility index (Phi) is 5.65. The Hall–Kier alpha value is -1.60. The molecule has 2 saturated heterocycles. The van der Waals surface area contributed by atoms with Gasteiger partial charge >= 0.3 is 0 Å². The molecule has 0 N–H and O–H groups in total. The van der Waals surface area contributed by atoms with Crippen molar-refractivity contribution in [2.75, 3.05) is 33.3 Å². The van der Waals surface area contributed by atoms with Crippen molar-refractivity contribution in [2.45, 2.75) is 49.8 Å². The second-order valence-corrected chi connectivity index (χ2v) is 10.2. The van der Waals surface area contributed by atoms with Crippen molar-refractivity contribution in [1.82, 2.24) is 9.21 Å². The molecule has 0 bridgehead atoms. The minimum atomic E-state index is -3.65. The molecule has 1 aromatic rings. The highest BCUT2D eigenvalue weighted by molar-refractivity contribution is 7.89. The first-order chi connectivity index (χ1) is 13.5. The van der Waals surface area contributed by atoms with E-state index in [1.807, 2.05) is 4.90 Å². The summed E-state index contributed by atoms with van der Waals surface area (Å²) in [6, 6.07) is 4.82. The molecule has 3 fully saturated rings. The van der Waals surface area contributed by atoms with Crippen LogP contribution in [-0.2, 0) is 10.0 Å². The second kappa shape index (κ2) is 8.03. The van der Waals surface area contributed by atoms with Gasteiger partial charge in [-0.2, -0.15) is 4.31 Å². The Morgan fingerprint density at radius 3 is 2.43 bits per heavy atom. The molecule has 3 aliphatic rings. The van der Waals surface area contributed by atoms with Crippen LogP contribution in [0, 0.1) is 11.8 Å². The third-order valence-electron chi connectivity index (χ3n) is 6.67. The third-order valence-corrected chi connectivity index (χ3v) is 8.59. The van der Waals surface area contributed by atoms with Crippen LogP contribution in [0.2, 0.25) is 0 Å². The number of hydrogen-bond acceptors (Lipinski definition) is 4. The van der Waals surface area contributed by atoms with Crippen molar-refractivity contribution in [3.05, 3.63) is 23.8 Å². The van der Waals surface area contributed by atoms with Gasteiger partial charge in [-0.05, 0) is 55.7 Å². The van der Waals surface area contributed by atoms with E-state index in [4.69, 9.17) is 4.74 Å². The largest absolute Gasteiger partial charge is 0.495 e. The molecule has 2 aliphatic heterocycles. The quantitative estimate of drug-likeness (QED) is 0.770. The van der Waals surface area contributed by atoms with Crippen LogP contribution >= 0.6 is 0 Å². The molecule has 1 amide bonds. The van der Waals surface area contributed by atoms with Crippen molar-refractivity contribution in [1.29, 1.82) is 0 Å². The summed E-state index contributed by atoms with van der Waals surface area (Å²) in [4.78, 5) is 15.2. The zero-order valence-corrected chi connectivity index (χ0v) is 17.4. The molecule has 4 rings (SSSR count). The maximum Gasteiger partial charge on any atom is 0.253 e. The lowest BCUT2D eigenvalue weighted by Gasteiger charge is -2.41. The molecular formula is C21H30N2O4S. The van der Waals surface area contributed by atoms with Gasteiger partial charge in [0.25, 0.3) is 5.91 Å². The molecule has 1 aliphatic carbocycles. The fraction of sp³-hybridized carbons (Fsp3) is 0.667. The number of piperidine rings is 1. The van der Waals surface area contributed by atoms with Gasteiger partial charge in [-0.15, -0.1) is 0 Å². The molecule has 2 atom stereocenters. The topological polar surface area (TPSA) is 66.9 Å². The number of fused-ring (bicyclic) bond motifs is 1. The van der Waals surface area contributed by atoms with E-state index in [0.29, 0.717) is 30.3 Å². The number of amides is 1. The first-order valence-corrected chi connectivity index (χ1v) is 11.9. The molecular weight excluding hydrogens is 376 g/mol. The molecule has 1 aromatic carbocycles. The summed E-state index contributed by atoms with van der Waals surface area (Å²) < 4.78 is 33.0. The molecule has 0 spiro atoms. The molecule has 1 saturated carbocycles. The van der Waals surface area contributed by atoms with Gasteiger partial charge in [0.1, 0.15) is 10.6 Å². The summed E-state index contributed by atoms with van der Waals surface area (Å²) in [7, 11) is -2.18. The molecule has 2 heterocycles. The summed E-state index contributed by atoms with van der Waals surface area (Å²) >= 11 is 0. The van der Waals surface area contributed by atoms with Crippen molar-refractivity contribution in [3.63, 3.8) is 0 Å². The lowest BCUT2D eigenvalue weighted by Crippen LogP contribution is -2.44. The zero-order chi connectivity index (χ0) is 19.7. The van der Waals surface area contributed by atoms with E-state index >= 15 is 0 Å². The van der Waals surface area contributed by atoms with Crippen LogP contribution in [0.25, 0.3) is 0 Å². The predicted molar refractivity (Wildman–Crippen MR) is 107 cm³/mol. The monoisotopic (exact) mass is 406 g/mol. The number of hydrogen-bond donors (Lipinski definition) is 0. The number of carbonyl (C=O) groups excluding carboxylic acids is 1. The first-order valence-electron chi connectivity index (χ1n) is 10.5. The lowest BCUT2D eigenvalue weighted by molar-refractivity contribution is 0.0520. The first kappa shape index (κ1) is 19.7. The number of likely N-dealkylation sites (tertiary alicyclic amines) is 1. The Labute approximate surface area is 167 Å². The number of benzene rings is 1. The average molecular weight is 407 g/mol. The average Bonchev–Trinajstić information content (AvgIpc) is 3.28. The number of nitrogens with zero attached hydrogens (tertiary/aromatic N) is 2. The molecule has 0 unspecified atom stereocenters. The van der Waals surface area contributed by atoms with Crippen LogP contribution in [0.15, 0.2) is 23.1 Å². The Bertz CT molecular complexity index is 833. The smallest absolute Gasteiger partial charge is 0.253 e. The van der Waals surface area contributed by atoms with Crippen LogP contribution in [-0.4, -0.2) is 56.8 Å². The van der Waals surface area contributed by atoms with Crippen LogP contribution in [0.3, 0.4) is 0 Å². The summed E-state index contributed by atoms with van der Waals surface area (Å²) in [5.41, 5.74) is 0.438. The summed E-state index contributed by atoms with van der Waals surface area (Å²) in [5, 5.41) is 0. The summed E-state index contributed by atoms with van der Waals surface area (Å²) in [5.74, 6) is 1.58. The van der Waals surface area contributed by atoms with Crippen LogP contribution in [0.4, 0.5) is 0 Å². The van der Waals surface area contributed by atoms with Crippen molar-refractivity contribution in [2.24, 2.45) is 11.8 Å². The van der Waals surface area contributed by atoms with Gasteiger partial charge in [0.05, 0.1) is 7.11 Å². The fourth-order valence-electron chi connectivity index (χ4n) is 5.05. The number of sulfonamides is 1. The minimum Gasteiger partial charge on any atom is -0.495 e. The van der Waals surface area contributed by atoms with E-state index in [1.54, 1.807) is 12.1 Å². The minimum absolute atomic E-state index is 0.0652. The van der Waals surface area contributed by atoms with Crippen LogP contribution in [0.5, 0.6) is 5.75 Å². The molecule has 7 heteroatoms. The number of methoxy groups -OCH3 is 1. The van der Waals surface area contributed by atoms with E-state index in [-0.39, 0.29) is 10.8 Å². The zero-order valence-electron chi connectivity index (χ0n) is 16.6. The highest BCUT2D eigenvalue weighted by Crippen LogP contribution is 2.37. The van der Waals surface area contributed by atoms with Crippen molar-refractivity contribution in [3.8, 4) is 5.75 Å². The van der Waals surface area contributed by atoms with Crippen molar-refractivity contribution < 1.29 is 17.9 Å². The molecule has 28 heavy (non-hydrogen) atoms. The van der Waals surface area contributed by atoms with Crippen LogP contribution < -0.4 is 4.74 Å². The van der Waals surface area contributed by atoms with E-state index in [2.05, 4.69) is 0 Å². The molecule has 6 nitrogen and oxygen atoms in total. The van der Waals surface area contributed by atoms with Gasteiger partial charge in [-0.25, -0.2) is 8.42 Å². The summed E-state index contributed by atoms with van der Waals surface area (Å²) in [6.07, 6.45) is 7.85. The fourth-order valence-corrected chi connectivity index (χ4v) is 6.75. The van der Waals surface area contributed by atoms with Gasteiger partial charge < -0.3 is 9.64 Å². The number of carbonyl (C=O) groups is 1. The number of ether oxygens (including phenoxy) is 1. The van der Waals surface area contributed by atoms with Gasteiger partial charge in [-0.1, -0.05) is 19.3 Å². The van der Waals surface area contributed by atoms with E-state index < -0.39 is 10.0 Å². The predicted octanol–water partition coefficient (Wildman–Crippen LogP) is 3.13. The van der Waals surface area contributed by atoms with Gasteiger partial charge in [-0.3, -0.25) is 4.79 Å². The third kappa shape index (κ3) is 3.66. The summed E-state index contributed by atoms with van der Waals surface area (Å²) in [6.45, 7) is 2.61. The normalized spacial score (nSPS) is 26.1. The molecule has 154 valence electrons. The van der Waals surface area contributed by atoms with Crippen LogP contribution in [0.1, 0.15) is 55.3 Å².